The summed E-state index contributed by atoms with van der Waals surface area (Å²) in [4.78, 5) is 5.01. The fourth-order valence-electron chi connectivity index (χ4n) is 9.80. The molecule has 0 radical (unpaired) electrons. The van der Waals surface area contributed by atoms with Gasteiger partial charge in [0.15, 0.2) is 0 Å². The highest BCUT2D eigenvalue weighted by Gasteiger charge is 2.39. The van der Waals surface area contributed by atoms with Gasteiger partial charge in [-0.3, -0.25) is 0 Å². The van der Waals surface area contributed by atoms with Gasteiger partial charge in [-0.25, -0.2) is 0 Å². The molecule has 0 saturated heterocycles. The van der Waals surface area contributed by atoms with Gasteiger partial charge in [-0.15, -0.1) is 0 Å². The fraction of sp³-hybridized carbons (Fsp3) is 0.158. The largest absolute Gasteiger partial charge is 0.310 e. The lowest BCUT2D eigenvalue weighted by atomic mass is 9.81. The molecule has 0 N–H and O–H groups in total. The molecule has 9 aromatic rings. The third-order valence-electron chi connectivity index (χ3n) is 13.5. The minimum Gasteiger partial charge on any atom is -0.310 e. The van der Waals surface area contributed by atoms with Gasteiger partial charge in [-0.05, 0) is 168 Å². The second kappa shape index (κ2) is 13.7. The van der Waals surface area contributed by atoms with Crippen LogP contribution in [0, 0.1) is 41.5 Å². The molecule has 2 nitrogen and oxygen atoms in total. The van der Waals surface area contributed by atoms with Crippen molar-refractivity contribution in [3.05, 3.63) is 202 Å². The summed E-state index contributed by atoms with van der Waals surface area (Å²) in [7, 11) is 0. The molecule has 0 saturated carbocycles. The van der Waals surface area contributed by atoms with Gasteiger partial charge in [0.2, 0.25) is 0 Å². The molecule has 2 heteroatoms. The molecule has 0 bridgehead atoms. The van der Waals surface area contributed by atoms with Gasteiger partial charge in [0, 0.05) is 38.6 Å². The summed E-state index contributed by atoms with van der Waals surface area (Å²) in [6.45, 7) is 18.3. The van der Waals surface area contributed by atoms with E-state index >= 15 is 0 Å². The first kappa shape index (κ1) is 36.7. The van der Waals surface area contributed by atoms with Crippen molar-refractivity contribution in [1.82, 2.24) is 0 Å². The maximum Gasteiger partial charge on any atom is 0.0543 e. The van der Waals surface area contributed by atoms with Crippen LogP contribution in [-0.4, -0.2) is 0 Å². The number of fused-ring (bicyclic) bond motifs is 7. The lowest BCUT2D eigenvalue weighted by molar-refractivity contribution is 0.661. The third-order valence-corrected chi connectivity index (χ3v) is 13.5. The van der Waals surface area contributed by atoms with Gasteiger partial charge in [-0.1, -0.05) is 117 Å². The van der Waals surface area contributed by atoms with Gasteiger partial charge in [0.1, 0.15) is 0 Å². The fourth-order valence-corrected chi connectivity index (χ4v) is 9.80. The van der Waals surface area contributed by atoms with Gasteiger partial charge in [-0.2, -0.15) is 0 Å². The summed E-state index contributed by atoms with van der Waals surface area (Å²) in [5.41, 5.74) is 20.0. The molecule has 0 heterocycles. The van der Waals surface area contributed by atoms with Crippen LogP contribution in [0.15, 0.2) is 158 Å². The Labute approximate surface area is 349 Å². The second-order valence-corrected chi connectivity index (χ2v) is 17.3. The van der Waals surface area contributed by atoms with Gasteiger partial charge >= 0.3 is 0 Å². The molecule has 288 valence electrons. The van der Waals surface area contributed by atoms with Crippen LogP contribution in [0.3, 0.4) is 0 Å². The number of hydrogen-bond acceptors (Lipinski definition) is 2. The first-order chi connectivity index (χ1) is 28.5. The minimum absolute atomic E-state index is 0.285. The molecular weight excluding hydrogens is 713 g/mol. The Bertz CT molecular complexity index is 3110. The summed E-state index contributed by atoms with van der Waals surface area (Å²) >= 11 is 0. The molecule has 1 aliphatic carbocycles. The third kappa shape index (κ3) is 5.76. The summed E-state index contributed by atoms with van der Waals surface area (Å²) < 4.78 is 0. The quantitative estimate of drug-likeness (QED) is 0.166. The van der Waals surface area contributed by atoms with E-state index in [9.17, 15) is 0 Å². The van der Waals surface area contributed by atoms with Crippen molar-refractivity contribution in [2.45, 2.75) is 60.8 Å². The molecule has 59 heavy (non-hydrogen) atoms. The topological polar surface area (TPSA) is 6.48 Å². The van der Waals surface area contributed by atoms with Crippen molar-refractivity contribution in [2.24, 2.45) is 0 Å². The predicted molar refractivity (Wildman–Crippen MR) is 254 cm³/mol. The van der Waals surface area contributed by atoms with E-state index in [1.807, 2.05) is 0 Å². The normalized spacial score (nSPS) is 12.9. The van der Waals surface area contributed by atoms with Crippen LogP contribution in [0.2, 0.25) is 0 Å². The lowest BCUT2D eigenvalue weighted by Crippen LogP contribution is -2.18. The summed E-state index contributed by atoms with van der Waals surface area (Å²) in [5.74, 6) is 0. The molecule has 0 atom stereocenters. The van der Waals surface area contributed by atoms with Gasteiger partial charge in [0.25, 0.3) is 0 Å². The molecule has 0 spiro atoms. The average molecular weight is 763 g/mol. The van der Waals surface area contributed by atoms with Crippen molar-refractivity contribution >= 4 is 66.4 Å². The Kier molecular flexibility index (Phi) is 8.54. The van der Waals surface area contributed by atoms with E-state index in [1.54, 1.807) is 0 Å². The maximum absolute atomic E-state index is 2.53. The Morgan fingerprint density at radius 2 is 0.814 bits per heavy atom. The number of nitrogens with zero attached hydrogens (tertiary/aromatic N) is 2. The van der Waals surface area contributed by atoms with Crippen LogP contribution < -0.4 is 9.80 Å². The van der Waals surface area contributed by atoms with Crippen LogP contribution in [0.4, 0.5) is 34.1 Å². The highest BCUT2D eigenvalue weighted by atomic mass is 15.2. The number of benzene rings is 9. The molecule has 0 fully saturated rings. The number of rotatable bonds is 6. The summed E-state index contributed by atoms with van der Waals surface area (Å²) in [6, 6.07) is 59.2. The summed E-state index contributed by atoms with van der Waals surface area (Å²) in [6.07, 6.45) is 0. The van der Waals surface area contributed by atoms with Crippen molar-refractivity contribution in [3.63, 3.8) is 0 Å². The second-order valence-electron chi connectivity index (χ2n) is 17.3. The van der Waals surface area contributed by atoms with E-state index in [1.165, 1.54) is 116 Å². The number of hydrogen-bond donors (Lipinski definition) is 0. The van der Waals surface area contributed by atoms with E-state index < -0.39 is 0 Å². The molecule has 0 amide bonds. The highest BCUT2D eigenvalue weighted by Crippen LogP contribution is 2.56. The van der Waals surface area contributed by atoms with Crippen LogP contribution in [0.5, 0.6) is 0 Å². The van der Waals surface area contributed by atoms with Crippen LogP contribution >= 0.6 is 0 Å². The van der Waals surface area contributed by atoms with Crippen LogP contribution in [0.25, 0.3) is 43.4 Å². The first-order valence-corrected chi connectivity index (χ1v) is 20.9. The predicted octanol–water partition coefficient (Wildman–Crippen LogP) is 16.2. The monoisotopic (exact) mass is 762 g/mol. The van der Waals surface area contributed by atoms with Crippen molar-refractivity contribution in [3.8, 4) is 11.1 Å². The zero-order chi connectivity index (χ0) is 40.7. The number of anilines is 6. The average Bonchev–Trinajstić information content (AvgIpc) is 3.47. The highest BCUT2D eigenvalue weighted by molar-refractivity contribution is 6.12. The maximum atomic E-state index is 2.53. The van der Waals surface area contributed by atoms with Gasteiger partial charge < -0.3 is 9.80 Å². The standard InChI is InChI=1S/C57H50N2/c1-35-29-44(30-36(2)39(35)5)58(53-25-15-19-41-17-9-11-21-46(41)53)43-27-28-50-51(33-43)57(7,8)52-34-55(48-23-13-14-24-49(48)56(50)52)59(45-31-37(3)40(6)38(4)32-45)54-26-16-20-42-18-10-12-22-47(42)54/h9-34H,1-8H3. The molecule has 0 aliphatic heterocycles. The first-order valence-electron chi connectivity index (χ1n) is 20.9. The molecule has 1 aliphatic rings. The summed E-state index contributed by atoms with van der Waals surface area (Å²) in [5, 5.41) is 7.46. The molecular formula is C57H50N2. The van der Waals surface area contributed by atoms with E-state index in [2.05, 4.69) is 223 Å². The SMILES string of the molecule is Cc1cc(N(c2ccc3c(c2)C(C)(C)c2cc(N(c4cc(C)c(C)c(C)c4)c4cccc5ccccc45)c4ccccc4c2-3)c2cccc3ccccc23)cc(C)c1C. The molecule has 0 unspecified atom stereocenters. The molecule has 0 aromatic heterocycles. The Morgan fingerprint density at radius 3 is 1.37 bits per heavy atom. The Hall–Kier alpha value is -6.64. The molecule has 10 rings (SSSR count). The molecule has 9 aromatic carbocycles. The zero-order valence-electron chi connectivity index (χ0n) is 35.4. The van der Waals surface area contributed by atoms with Crippen molar-refractivity contribution in [1.29, 1.82) is 0 Å². The lowest BCUT2D eigenvalue weighted by Gasteiger charge is -2.31. The van der Waals surface area contributed by atoms with Crippen molar-refractivity contribution in [2.75, 3.05) is 9.80 Å². The van der Waals surface area contributed by atoms with E-state index in [0.717, 1.165) is 5.69 Å². The van der Waals surface area contributed by atoms with Gasteiger partial charge in [0.05, 0.1) is 17.1 Å². The van der Waals surface area contributed by atoms with Crippen LogP contribution in [0.1, 0.15) is 58.4 Å². The number of aryl methyl sites for hydroxylation is 4. The minimum atomic E-state index is -0.285. The van der Waals surface area contributed by atoms with E-state index in [0.29, 0.717) is 0 Å². The van der Waals surface area contributed by atoms with Crippen LogP contribution in [-0.2, 0) is 5.41 Å². The van der Waals surface area contributed by atoms with E-state index in [-0.39, 0.29) is 5.41 Å². The Morgan fingerprint density at radius 1 is 0.356 bits per heavy atom. The zero-order valence-corrected chi connectivity index (χ0v) is 35.4. The van der Waals surface area contributed by atoms with Crippen molar-refractivity contribution < 1.29 is 0 Å². The Balaban J connectivity index is 1.22. The smallest absolute Gasteiger partial charge is 0.0543 e. The van der Waals surface area contributed by atoms with E-state index in [4.69, 9.17) is 0 Å².